The van der Waals surface area contributed by atoms with Crippen molar-refractivity contribution in [3.63, 3.8) is 0 Å². The van der Waals surface area contributed by atoms with Crippen molar-refractivity contribution in [2.45, 2.75) is 113 Å². The average Bonchev–Trinajstić information content (AvgIpc) is 2.88. The maximum absolute atomic E-state index is 14.5. The fourth-order valence-electron chi connectivity index (χ4n) is 10.7. The summed E-state index contributed by atoms with van der Waals surface area (Å²) < 4.78 is 0. The molecular weight excluding hydrogens is 572 g/mol. The van der Waals surface area contributed by atoms with Gasteiger partial charge in [-0.05, 0) is 72.3 Å². The Morgan fingerprint density at radius 3 is 2.04 bits per heavy atom. The molecule has 1 saturated carbocycles. The van der Waals surface area contributed by atoms with E-state index in [1.54, 1.807) is 33.8 Å². The molecular formula is C37H50O8. The van der Waals surface area contributed by atoms with E-state index in [-0.39, 0.29) is 33.6 Å². The first kappa shape index (κ1) is 33.4. The molecule has 1 aromatic carbocycles. The van der Waals surface area contributed by atoms with Crippen LogP contribution in [0.2, 0.25) is 0 Å². The first-order valence-corrected chi connectivity index (χ1v) is 16.2. The number of carbonyl (C=O) groups excluding carboxylic acids is 3. The summed E-state index contributed by atoms with van der Waals surface area (Å²) in [7, 11) is 0. The monoisotopic (exact) mass is 622 g/mol. The molecule has 8 nitrogen and oxygen atoms in total. The topological polar surface area (TPSA) is 152 Å². The average molecular weight is 623 g/mol. The van der Waals surface area contributed by atoms with E-state index in [2.05, 4.69) is 27.7 Å². The summed E-state index contributed by atoms with van der Waals surface area (Å²) in [6.45, 7) is 18.4. The highest BCUT2D eigenvalue weighted by molar-refractivity contribution is 6.25. The van der Waals surface area contributed by atoms with Gasteiger partial charge < -0.3 is 25.5 Å². The highest BCUT2D eigenvalue weighted by atomic mass is 16.4. The maximum Gasteiger partial charge on any atom is 0.209 e. The molecule has 4 aliphatic carbocycles. The molecule has 5 rings (SSSR count). The normalized spacial score (nSPS) is 36.2. The molecule has 0 radical (unpaired) electrons. The standard InChI is InChI=1S/C37H50O8/c1-17(2)25-28(40)23(19(4)38)30(42)37(45)31(43)26-29(41)24-22(18(3)35(26,9)32(44)36(25,37)10)12-11-21(27(24)39)13-20-14-33(5,6)16-34(7,8)15-20/h11-12,17-18,20,25,32,39-40,43-45H,13-16H2,1-10H3/t18-,25?,32-,35+,36+,37+/m1/s1. The zero-order valence-corrected chi connectivity index (χ0v) is 28.3. The fraction of sp³-hybridized carbons (Fsp3) is 0.649. The number of phenolic OH excluding ortho intramolecular Hbond substituents is 1. The van der Waals surface area contributed by atoms with Crippen LogP contribution >= 0.6 is 0 Å². The zero-order valence-electron chi connectivity index (χ0n) is 28.3. The van der Waals surface area contributed by atoms with E-state index < -0.39 is 74.7 Å². The Bertz CT molecular complexity index is 1560. The smallest absolute Gasteiger partial charge is 0.209 e. The van der Waals surface area contributed by atoms with Crippen LogP contribution in [0, 0.1) is 39.4 Å². The lowest BCUT2D eigenvalue weighted by Crippen LogP contribution is -2.73. The molecule has 0 aliphatic heterocycles. The molecule has 0 spiro atoms. The van der Waals surface area contributed by atoms with Gasteiger partial charge in [-0.1, -0.05) is 74.4 Å². The Balaban J connectivity index is 1.72. The van der Waals surface area contributed by atoms with Crippen LogP contribution in [0.4, 0.5) is 0 Å². The van der Waals surface area contributed by atoms with Gasteiger partial charge in [-0.15, -0.1) is 0 Å². The molecule has 5 N–H and O–H groups in total. The van der Waals surface area contributed by atoms with Gasteiger partial charge in [0, 0.05) is 16.7 Å². The first-order chi connectivity index (χ1) is 20.5. The summed E-state index contributed by atoms with van der Waals surface area (Å²) in [5.41, 5.74) is -6.01. The molecule has 4 aliphatic rings. The van der Waals surface area contributed by atoms with Gasteiger partial charge in [0.1, 0.15) is 22.8 Å². The van der Waals surface area contributed by atoms with Crippen LogP contribution in [0.5, 0.6) is 5.75 Å². The lowest BCUT2D eigenvalue weighted by atomic mass is 9.41. The van der Waals surface area contributed by atoms with E-state index in [4.69, 9.17) is 0 Å². The second-order valence-electron chi connectivity index (χ2n) is 16.8. The number of rotatable bonds is 4. The van der Waals surface area contributed by atoms with Crippen molar-refractivity contribution in [1.29, 1.82) is 0 Å². The van der Waals surface area contributed by atoms with Gasteiger partial charge in [0.05, 0.1) is 17.2 Å². The van der Waals surface area contributed by atoms with Crippen LogP contribution in [0.3, 0.4) is 0 Å². The lowest BCUT2D eigenvalue weighted by molar-refractivity contribution is -0.211. The molecule has 246 valence electrons. The molecule has 0 heterocycles. The SMILES string of the molecule is CC(=O)C1=C(O)C(C(C)C)[C@@]2(C)[C@H](O)[C@]3(C)C(=C(O)[C@@]2(O)C1=O)C(=O)c1c(ccc(CC2CC(C)(C)CC(C)(C)C2)c1O)[C@H]3C. The summed E-state index contributed by atoms with van der Waals surface area (Å²) in [6, 6.07) is 3.64. The lowest BCUT2D eigenvalue weighted by Gasteiger charge is -2.63. The first-order valence-electron chi connectivity index (χ1n) is 16.2. The third kappa shape index (κ3) is 4.27. The summed E-state index contributed by atoms with van der Waals surface area (Å²) in [5, 5.41) is 59.7. The molecule has 0 amide bonds. The molecule has 0 bridgehead atoms. The van der Waals surface area contributed by atoms with Crippen molar-refractivity contribution in [2.24, 2.45) is 39.4 Å². The summed E-state index contributed by atoms with van der Waals surface area (Å²) in [4.78, 5) is 41.1. The number of fused-ring (bicyclic) bond motifs is 3. The Morgan fingerprint density at radius 1 is 0.978 bits per heavy atom. The highest BCUT2D eigenvalue weighted by Crippen LogP contribution is 2.67. The molecule has 1 aromatic rings. The fourth-order valence-corrected chi connectivity index (χ4v) is 10.7. The number of ketones is 3. The largest absolute Gasteiger partial charge is 0.511 e. The van der Waals surface area contributed by atoms with Gasteiger partial charge in [-0.25, -0.2) is 0 Å². The van der Waals surface area contributed by atoms with Crippen LogP contribution in [0.15, 0.2) is 34.8 Å². The van der Waals surface area contributed by atoms with Crippen molar-refractivity contribution < 1.29 is 39.9 Å². The van der Waals surface area contributed by atoms with E-state index in [1.165, 1.54) is 6.92 Å². The third-order valence-electron chi connectivity index (χ3n) is 12.1. The van der Waals surface area contributed by atoms with Crippen molar-refractivity contribution in [3.05, 3.63) is 51.5 Å². The van der Waals surface area contributed by atoms with Crippen LogP contribution < -0.4 is 0 Å². The second-order valence-corrected chi connectivity index (χ2v) is 16.8. The number of hydrogen-bond acceptors (Lipinski definition) is 8. The molecule has 0 saturated heterocycles. The quantitative estimate of drug-likeness (QED) is 0.246. The van der Waals surface area contributed by atoms with Crippen LogP contribution in [0.1, 0.15) is 116 Å². The van der Waals surface area contributed by atoms with Crippen molar-refractivity contribution in [2.75, 3.05) is 0 Å². The number of Topliss-reactive ketones (excluding diaryl/α,β-unsaturated/α-hetero) is 3. The third-order valence-corrected chi connectivity index (χ3v) is 12.1. The molecule has 6 atom stereocenters. The zero-order chi connectivity index (χ0) is 34.0. The molecule has 8 heteroatoms. The molecule has 1 fully saturated rings. The highest BCUT2D eigenvalue weighted by Gasteiger charge is 2.76. The van der Waals surface area contributed by atoms with E-state index in [1.807, 2.05) is 6.07 Å². The maximum atomic E-state index is 14.5. The Kier molecular flexibility index (Phi) is 7.43. The van der Waals surface area contributed by atoms with Gasteiger partial charge in [-0.2, -0.15) is 0 Å². The van der Waals surface area contributed by atoms with Gasteiger partial charge in [0.2, 0.25) is 5.78 Å². The summed E-state index contributed by atoms with van der Waals surface area (Å²) in [6.07, 6.45) is 1.96. The minimum atomic E-state index is -2.89. The van der Waals surface area contributed by atoms with Gasteiger partial charge in [-0.3, -0.25) is 14.4 Å². The second kappa shape index (κ2) is 10.0. The van der Waals surface area contributed by atoms with Gasteiger partial charge >= 0.3 is 0 Å². The number of carbonyl (C=O) groups is 3. The van der Waals surface area contributed by atoms with E-state index in [0.717, 1.165) is 26.2 Å². The van der Waals surface area contributed by atoms with Crippen molar-refractivity contribution in [1.82, 2.24) is 0 Å². The van der Waals surface area contributed by atoms with E-state index >= 15 is 0 Å². The van der Waals surface area contributed by atoms with Gasteiger partial charge in [0.15, 0.2) is 17.2 Å². The summed E-state index contributed by atoms with van der Waals surface area (Å²) >= 11 is 0. The minimum Gasteiger partial charge on any atom is -0.511 e. The Morgan fingerprint density at radius 2 is 1.53 bits per heavy atom. The van der Waals surface area contributed by atoms with Crippen molar-refractivity contribution >= 4 is 17.3 Å². The van der Waals surface area contributed by atoms with E-state index in [9.17, 15) is 39.9 Å². The van der Waals surface area contributed by atoms with Crippen molar-refractivity contribution in [3.8, 4) is 5.75 Å². The molecule has 0 aromatic heterocycles. The number of phenols is 1. The van der Waals surface area contributed by atoms with Crippen LogP contribution in [-0.2, 0) is 16.0 Å². The Hall–Kier alpha value is -2.97. The van der Waals surface area contributed by atoms with Crippen LogP contribution in [0.25, 0.3) is 0 Å². The number of benzene rings is 1. The predicted octanol–water partition coefficient (Wildman–Crippen LogP) is 6.27. The number of aliphatic hydroxyl groups excluding tert-OH is 3. The number of hydrogen-bond donors (Lipinski definition) is 5. The summed E-state index contributed by atoms with van der Waals surface area (Å²) in [5.74, 6) is -6.50. The molecule has 45 heavy (non-hydrogen) atoms. The van der Waals surface area contributed by atoms with E-state index in [0.29, 0.717) is 17.5 Å². The molecule has 1 unspecified atom stereocenters. The predicted molar refractivity (Wildman–Crippen MR) is 170 cm³/mol. The van der Waals surface area contributed by atoms with Crippen LogP contribution in [-0.4, -0.2) is 54.6 Å². The van der Waals surface area contributed by atoms with Gasteiger partial charge in [0.25, 0.3) is 0 Å². The number of aliphatic hydroxyl groups is 4. The number of aromatic hydroxyl groups is 1. The Labute approximate surface area is 266 Å². The minimum absolute atomic E-state index is 0.0124. The number of allylic oxidation sites excluding steroid dienone is 1.